The fourth-order valence-corrected chi connectivity index (χ4v) is 7.49. The summed E-state index contributed by atoms with van der Waals surface area (Å²) in [5, 5.41) is 23.2. The molecule has 0 radical (unpaired) electrons. The molecule has 0 aliphatic rings. The average Bonchev–Trinajstić information content (AvgIpc) is 3.22. The molecule has 0 aliphatic heterocycles. The van der Waals surface area contributed by atoms with Gasteiger partial charge in [0, 0.05) is 12.8 Å². The average molecular weight is 816 g/mol. The van der Waals surface area contributed by atoms with Gasteiger partial charge in [-0.3, -0.25) is 9.59 Å². The summed E-state index contributed by atoms with van der Waals surface area (Å²) in [7, 11) is 0. The highest BCUT2D eigenvalue weighted by molar-refractivity contribution is 5.76. The third-order valence-electron chi connectivity index (χ3n) is 11.4. The van der Waals surface area contributed by atoms with Crippen LogP contribution in [-0.2, 0) is 14.3 Å². The predicted molar refractivity (Wildman–Crippen MR) is 250 cm³/mol. The van der Waals surface area contributed by atoms with Crippen LogP contribution in [0.1, 0.15) is 258 Å². The largest absolute Gasteiger partial charge is 0.466 e. The lowest BCUT2D eigenvalue weighted by Gasteiger charge is -2.22. The van der Waals surface area contributed by atoms with Crippen LogP contribution in [0, 0.1) is 0 Å². The number of rotatable bonds is 46. The Morgan fingerprint density at radius 3 is 1.38 bits per heavy atom. The van der Waals surface area contributed by atoms with Crippen molar-refractivity contribution in [3.63, 3.8) is 0 Å². The number of amides is 1. The molecule has 0 saturated heterocycles. The van der Waals surface area contributed by atoms with Crippen LogP contribution in [0.2, 0.25) is 0 Å². The molecule has 0 rings (SSSR count). The van der Waals surface area contributed by atoms with Crippen LogP contribution in [0.5, 0.6) is 0 Å². The molecule has 58 heavy (non-hydrogen) atoms. The van der Waals surface area contributed by atoms with Crippen LogP contribution in [0.25, 0.3) is 0 Å². The summed E-state index contributed by atoms with van der Waals surface area (Å²) in [6.45, 7) is 4.85. The van der Waals surface area contributed by atoms with E-state index in [1.807, 2.05) is 0 Å². The van der Waals surface area contributed by atoms with Crippen molar-refractivity contribution in [1.29, 1.82) is 0 Å². The summed E-state index contributed by atoms with van der Waals surface area (Å²) in [6, 6.07) is -0.558. The van der Waals surface area contributed by atoms with E-state index in [9.17, 15) is 19.8 Å². The predicted octanol–water partition coefficient (Wildman–Crippen LogP) is 14.9. The third kappa shape index (κ3) is 43.7. The van der Waals surface area contributed by atoms with Crippen molar-refractivity contribution in [1.82, 2.24) is 5.32 Å². The first-order chi connectivity index (χ1) is 28.5. The molecule has 6 heteroatoms. The van der Waals surface area contributed by atoms with Gasteiger partial charge in [-0.25, -0.2) is 0 Å². The number of unbranched alkanes of at least 4 members (excludes halogenated alkanes) is 30. The number of aliphatic hydroxyl groups excluding tert-OH is 2. The molecule has 0 fully saturated rings. The summed E-state index contributed by atoms with van der Waals surface area (Å²) < 4.78 is 5.41. The second-order valence-corrected chi connectivity index (χ2v) is 17.2. The lowest BCUT2D eigenvalue weighted by Crippen LogP contribution is -2.45. The maximum atomic E-state index is 12.4. The highest BCUT2D eigenvalue weighted by Crippen LogP contribution is 2.16. The van der Waals surface area contributed by atoms with E-state index in [4.69, 9.17) is 4.74 Å². The second-order valence-electron chi connectivity index (χ2n) is 17.2. The smallest absolute Gasteiger partial charge is 0.305 e. The van der Waals surface area contributed by atoms with Gasteiger partial charge in [-0.2, -0.15) is 0 Å². The molecule has 1 amide bonds. The van der Waals surface area contributed by atoms with Crippen molar-refractivity contribution >= 4 is 11.9 Å². The number of allylic oxidation sites excluding steroid dienone is 6. The molecule has 0 aromatic rings. The van der Waals surface area contributed by atoms with Gasteiger partial charge >= 0.3 is 5.97 Å². The fraction of sp³-hybridized carbons (Fsp3) is 0.846. The molecule has 0 aromatic heterocycles. The van der Waals surface area contributed by atoms with E-state index in [2.05, 4.69) is 55.6 Å². The van der Waals surface area contributed by atoms with Gasteiger partial charge in [-0.05, 0) is 77.0 Å². The van der Waals surface area contributed by atoms with Gasteiger partial charge in [-0.1, -0.05) is 204 Å². The van der Waals surface area contributed by atoms with Crippen LogP contribution >= 0.6 is 0 Å². The van der Waals surface area contributed by atoms with Gasteiger partial charge < -0.3 is 20.3 Å². The number of aliphatic hydroxyl groups is 2. The Balaban J connectivity index is 3.55. The van der Waals surface area contributed by atoms with Crippen molar-refractivity contribution in [3.05, 3.63) is 36.5 Å². The lowest BCUT2D eigenvalue weighted by molar-refractivity contribution is -0.143. The van der Waals surface area contributed by atoms with E-state index < -0.39 is 12.1 Å². The highest BCUT2D eigenvalue weighted by atomic mass is 16.5. The van der Waals surface area contributed by atoms with Crippen molar-refractivity contribution in [2.24, 2.45) is 0 Å². The standard InChI is InChI=1S/C52H97NO5/c1-3-5-7-9-11-13-15-16-18-21-25-28-32-36-40-44-50(55)49(48-54)53-51(56)45-41-37-33-29-26-22-19-17-20-23-27-31-35-39-43-47-58-52(57)46-42-38-34-30-24-14-12-10-8-6-4-2/h10,12,17,20,23,27,49-50,54-55H,3-9,11,13-16,18-19,21-22,24-26,28-48H2,1-2H3,(H,53,56)/b12-10-,20-17-,27-23-. The zero-order chi connectivity index (χ0) is 42.3. The quantitative estimate of drug-likeness (QED) is 0.0246. The lowest BCUT2D eigenvalue weighted by atomic mass is 10.0. The summed E-state index contributed by atoms with van der Waals surface area (Å²) in [5.41, 5.74) is 0. The number of carbonyl (C=O) groups excluding carboxylic acids is 2. The van der Waals surface area contributed by atoms with Gasteiger partial charge in [0.05, 0.1) is 25.4 Å². The van der Waals surface area contributed by atoms with Crippen LogP contribution in [-0.4, -0.2) is 47.4 Å². The Morgan fingerprint density at radius 1 is 0.483 bits per heavy atom. The van der Waals surface area contributed by atoms with Crippen LogP contribution in [0.4, 0.5) is 0 Å². The minimum absolute atomic E-state index is 0.0333. The molecule has 2 atom stereocenters. The van der Waals surface area contributed by atoms with Crippen LogP contribution < -0.4 is 5.32 Å². The first-order valence-corrected chi connectivity index (χ1v) is 25.3. The molecule has 340 valence electrons. The van der Waals surface area contributed by atoms with Crippen LogP contribution in [0.15, 0.2) is 36.5 Å². The van der Waals surface area contributed by atoms with E-state index in [0.717, 1.165) is 77.0 Å². The van der Waals surface area contributed by atoms with Crippen molar-refractivity contribution in [2.45, 2.75) is 270 Å². The number of ether oxygens (including phenoxy) is 1. The molecule has 6 nitrogen and oxygen atoms in total. The van der Waals surface area contributed by atoms with Crippen LogP contribution in [0.3, 0.4) is 0 Å². The minimum atomic E-state index is -0.678. The molecule has 0 aliphatic carbocycles. The molecule has 3 N–H and O–H groups in total. The SMILES string of the molecule is CCCC/C=C\CCCCCCCC(=O)OCCCCC/C=C\C=C/CCCCCCCCC(=O)NC(CO)C(O)CCCCCCCCCCCCCCCCC. The number of carbonyl (C=O) groups is 2. The van der Waals surface area contributed by atoms with E-state index in [0.29, 0.717) is 25.9 Å². The van der Waals surface area contributed by atoms with Gasteiger partial charge in [0.25, 0.3) is 0 Å². The maximum Gasteiger partial charge on any atom is 0.305 e. The van der Waals surface area contributed by atoms with Gasteiger partial charge in [0.2, 0.25) is 5.91 Å². The van der Waals surface area contributed by atoms with Crippen molar-refractivity contribution < 1.29 is 24.5 Å². The first kappa shape index (κ1) is 56.1. The molecule has 0 aromatic carbocycles. The fourth-order valence-electron chi connectivity index (χ4n) is 7.49. The molecule has 0 saturated carbocycles. The van der Waals surface area contributed by atoms with Crippen molar-refractivity contribution in [2.75, 3.05) is 13.2 Å². The number of esters is 1. The highest BCUT2D eigenvalue weighted by Gasteiger charge is 2.20. The Kier molecular flexibility index (Phi) is 46.2. The monoisotopic (exact) mass is 816 g/mol. The molecule has 0 bridgehead atoms. The molecule has 2 unspecified atom stereocenters. The first-order valence-electron chi connectivity index (χ1n) is 25.3. The third-order valence-corrected chi connectivity index (χ3v) is 11.4. The summed E-state index contributed by atoms with van der Waals surface area (Å²) in [6.07, 6.45) is 56.8. The van der Waals surface area contributed by atoms with E-state index >= 15 is 0 Å². The molecule has 0 spiro atoms. The Hall–Kier alpha value is -1.92. The molecular weight excluding hydrogens is 719 g/mol. The second kappa shape index (κ2) is 47.8. The van der Waals surface area contributed by atoms with E-state index in [-0.39, 0.29) is 18.5 Å². The van der Waals surface area contributed by atoms with Gasteiger partial charge in [0.15, 0.2) is 0 Å². The Bertz CT molecular complexity index is 946. The summed E-state index contributed by atoms with van der Waals surface area (Å²) >= 11 is 0. The molecular formula is C52H97NO5. The van der Waals surface area contributed by atoms with Gasteiger partial charge in [-0.15, -0.1) is 0 Å². The number of hydrogen-bond acceptors (Lipinski definition) is 5. The summed E-state index contributed by atoms with van der Waals surface area (Å²) in [4.78, 5) is 24.4. The summed E-state index contributed by atoms with van der Waals surface area (Å²) in [5.74, 6) is -0.0915. The Morgan fingerprint density at radius 2 is 0.879 bits per heavy atom. The van der Waals surface area contributed by atoms with E-state index in [1.54, 1.807) is 0 Å². The van der Waals surface area contributed by atoms with E-state index in [1.165, 1.54) is 148 Å². The number of hydrogen-bond donors (Lipinski definition) is 3. The Labute approximate surface area is 360 Å². The van der Waals surface area contributed by atoms with Gasteiger partial charge in [0.1, 0.15) is 0 Å². The maximum absolute atomic E-state index is 12.4. The topological polar surface area (TPSA) is 95.9 Å². The zero-order valence-electron chi connectivity index (χ0n) is 38.5. The number of nitrogens with one attached hydrogen (secondary N) is 1. The normalized spacial score (nSPS) is 13.0. The zero-order valence-corrected chi connectivity index (χ0v) is 38.5. The molecule has 0 heterocycles. The minimum Gasteiger partial charge on any atom is -0.466 e. The van der Waals surface area contributed by atoms with Crippen molar-refractivity contribution in [3.8, 4) is 0 Å².